The van der Waals surface area contributed by atoms with Gasteiger partial charge in [0.15, 0.2) is 17.5 Å². The molecule has 0 bridgehead atoms. The lowest BCUT2D eigenvalue weighted by molar-refractivity contribution is 0.214. The molecule has 1 aromatic carbocycles. The number of rotatable bonds is 8. The van der Waals surface area contributed by atoms with Crippen molar-refractivity contribution in [3.05, 3.63) is 30.1 Å². The molecular weight excluding hydrogens is 472 g/mol. The fourth-order valence-corrected chi connectivity index (χ4v) is 4.14. The summed E-state index contributed by atoms with van der Waals surface area (Å²) in [7, 11) is -1.35. The second-order valence-electron chi connectivity index (χ2n) is 6.74. The van der Waals surface area contributed by atoms with Crippen LogP contribution in [0.25, 0.3) is 0 Å². The molecule has 148 valence electrons. The third kappa shape index (κ3) is 7.65. The molecule has 0 heterocycles. The van der Waals surface area contributed by atoms with Crippen LogP contribution in [-0.2, 0) is 9.84 Å². The second kappa shape index (κ2) is 9.72. The molecule has 6 nitrogen and oxygen atoms in total. The van der Waals surface area contributed by atoms with Crippen molar-refractivity contribution in [2.24, 2.45) is 10.4 Å². The quantitative estimate of drug-likeness (QED) is 0.326. The van der Waals surface area contributed by atoms with Crippen molar-refractivity contribution >= 4 is 39.8 Å². The molecule has 2 rings (SSSR count). The highest BCUT2D eigenvalue weighted by Crippen LogP contribution is 2.45. The Morgan fingerprint density at radius 1 is 1.35 bits per heavy atom. The van der Waals surface area contributed by atoms with Crippen LogP contribution in [0, 0.1) is 11.2 Å². The zero-order valence-electron chi connectivity index (χ0n) is 15.3. The Kier molecular flexibility index (Phi) is 8.58. The van der Waals surface area contributed by atoms with Crippen molar-refractivity contribution in [3.8, 4) is 5.75 Å². The molecule has 0 aliphatic heterocycles. The summed E-state index contributed by atoms with van der Waals surface area (Å²) in [6, 6.07) is 6.27. The molecule has 26 heavy (non-hydrogen) atoms. The maximum absolute atomic E-state index is 13.6. The predicted octanol–water partition coefficient (Wildman–Crippen LogP) is 2.20. The smallest absolute Gasteiger partial charge is 0.191 e. The summed E-state index contributed by atoms with van der Waals surface area (Å²) in [5.41, 5.74) is -0.180. The first-order valence-electron chi connectivity index (χ1n) is 8.26. The average molecular weight is 499 g/mol. The van der Waals surface area contributed by atoms with Crippen molar-refractivity contribution in [2.75, 3.05) is 32.1 Å². The number of hydrogen-bond donors (Lipinski definition) is 2. The zero-order valence-corrected chi connectivity index (χ0v) is 18.4. The van der Waals surface area contributed by atoms with E-state index in [1.54, 1.807) is 25.2 Å². The van der Waals surface area contributed by atoms with E-state index >= 15 is 0 Å². The Morgan fingerprint density at radius 3 is 2.54 bits per heavy atom. The van der Waals surface area contributed by atoms with Crippen LogP contribution >= 0.6 is 24.0 Å². The lowest BCUT2D eigenvalue weighted by Gasteiger charge is -2.20. The minimum Gasteiger partial charge on any atom is -0.486 e. The standard InChI is InChI=1S/C17H26FN3O3S.HI/c1-13(24-15-7-5-4-6-14(15)18)10-20-16(19-2)21-11-17(8-9-17)12-25(3,22)23;/h4-7,13H,8-12H2,1-3H3,(H2,19,20,21);1H. The van der Waals surface area contributed by atoms with E-state index in [2.05, 4.69) is 15.6 Å². The predicted molar refractivity (Wildman–Crippen MR) is 113 cm³/mol. The third-order valence-corrected chi connectivity index (χ3v) is 5.24. The van der Waals surface area contributed by atoms with Gasteiger partial charge in [-0.1, -0.05) is 12.1 Å². The van der Waals surface area contributed by atoms with Gasteiger partial charge in [0.05, 0.1) is 12.3 Å². The number of aliphatic imine (C=N–C) groups is 1. The number of halogens is 2. The first kappa shape index (κ1) is 22.9. The van der Waals surface area contributed by atoms with Crippen LogP contribution in [0.5, 0.6) is 5.75 Å². The zero-order chi connectivity index (χ0) is 18.5. The molecule has 9 heteroatoms. The lowest BCUT2D eigenvalue weighted by Crippen LogP contribution is -2.44. The van der Waals surface area contributed by atoms with Gasteiger partial charge in [-0.3, -0.25) is 4.99 Å². The van der Waals surface area contributed by atoms with Gasteiger partial charge in [-0.05, 0) is 31.9 Å². The Hall–Kier alpha value is -1.10. The Labute approximate surface area is 171 Å². The van der Waals surface area contributed by atoms with E-state index in [-0.39, 0.29) is 47.0 Å². The molecule has 1 aromatic rings. The van der Waals surface area contributed by atoms with Crippen LogP contribution in [0.4, 0.5) is 4.39 Å². The maximum Gasteiger partial charge on any atom is 0.191 e. The number of nitrogens with one attached hydrogen (secondary N) is 2. The van der Waals surface area contributed by atoms with Crippen LogP contribution in [0.15, 0.2) is 29.3 Å². The molecule has 0 spiro atoms. The molecule has 1 atom stereocenters. The van der Waals surface area contributed by atoms with E-state index in [0.29, 0.717) is 19.0 Å². The molecule has 0 aromatic heterocycles. The molecule has 1 aliphatic rings. The fraction of sp³-hybridized carbons (Fsp3) is 0.588. The van der Waals surface area contributed by atoms with Crippen molar-refractivity contribution in [3.63, 3.8) is 0 Å². The number of guanidine groups is 1. The summed E-state index contributed by atoms with van der Waals surface area (Å²) in [4.78, 5) is 4.13. The van der Waals surface area contributed by atoms with Crippen molar-refractivity contribution in [1.29, 1.82) is 0 Å². The van der Waals surface area contributed by atoms with Gasteiger partial charge in [0.25, 0.3) is 0 Å². The lowest BCUT2D eigenvalue weighted by atomic mass is 10.1. The highest BCUT2D eigenvalue weighted by molar-refractivity contribution is 14.0. The summed E-state index contributed by atoms with van der Waals surface area (Å²) in [6.45, 7) is 2.83. The van der Waals surface area contributed by atoms with Gasteiger partial charge in [0, 0.05) is 25.3 Å². The summed E-state index contributed by atoms with van der Waals surface area (Å²) >= 11 is 0. The Bertz CT molecular complexity index is 724. The number of sulfone groups is 1. The maximum atomic E-state index is 13.6. The van der Waals surface area contributed by atoms with Crippen LogP contribution in [0.1, 0.15) is 19.8 Å². The highest BCUT2D eigenvalue weighted by Gasteiger charge is 2.45. The largest absolute Gasteiger partial charge is 0.486 e. The number of ether oxygens (including phenoxy) is 1. The van der Waals surface area contributed by atoms with Crippen molar-refractivity contribution in [1.82, 2.24) is 10.6 Å². The van der Waals surface area contributed by atoms with E-state index < -0.39 is 15.7 Å². The average Bonchev–Trinajstić information content (AvgIpc) is 3.27. The first-order chi connectivity index (χ1) is 11.7. The van der Waals surface area contributed by atoms with Crippen LogP contribution in [0.3, 0.4) is 0 Å². The number of nitrogens with zero attached hydrogens (tertiary/aromatic N) is 1. The van der Waals surface area contributed by atoms with Gasteiger partial charge < -0.3 is 15.4 Å². The minimum absolute atomic E-state index is 0. The topological polar surface area (TPSA) is 79.8 Å². The van der Waals surface area contributed by atoms with Crippen LogP contribution in [-0.4, -0.2) is 52.6 Å². The van der Waals surface area contributed by atoms with Gasteiger partial charge >= 0.3 is 0 Å². The molecular formula is C17H27FIN3O3S. The van der Waals surface area contributed by atoms with Crippen LogP contribution < -0.4 is 15.4 Å². The van der Waals surface area contributed by atoms with Gasteiger partial charge in [-0.15, -0.1) is 24.0 Å². The second-order valence-corrected chi connectivity index (χ2v) is 8.88. The molecule has 1 aliphatic carbocycles. The van der Waals surface area contributed by atoms with Crippen molar-refractivity contribution in [2.45, 2.75) is 25.9 Å². The van der Waals surface area contributed by atoms with E-state index in [1.165, 1.54) is 12.3 Å². The van der Waals surface area contributed by atoms with Crippen molar-refractivity contribution < 1.29 is 17.5 Å². The Balaban J connectivity index is 0.00000338. The molecule has 1 saturated carbocycles. The summed E-state index contributed by atoms with van der Waals surface area (Å²) in [5, 5.41) is 6.28. The summed E-state index contributed by atoms with van der Waals surface area (Å²) in [6.07, 6.45) is 2.80. The molecule has 0 saturated heterocycles. The number of para-hydroxylation sites is 1. The molecule has 1 unspecified atom stereocenters. The summed E-state index contributed by atoms with van der Waals surface area (Å²) < 4.78 is 42.1. The van der Waals surface area contributed by atoms with Gasteiger partial charge in [0.1, 0.15) is 15.9 Å². The van der Waals surface area contributed by atoms with Gasteiger partial charge in [-0.2, -0.15) is 0 Å². The first-order valence-corrected chi connectivity index (χ1v) is 10.3. The molecule has 0 radical (unpaired) electrons. The highest BCUT2D eigenvalue weighted by atomic mass is 127. The summed E-state index contributed by atoms with van der Waals surface area (Å²) in [5.74, 6) is 0.582. The SMILES string of the molecule is CN=C(NCC(C)Oc1ccccc1F)NCC1(CS(C)(=O)=O)CC1.I. The van der Waals surface area contributed by atoms with Gasteiger partial charge in [0.2, 0.25) is 0 Å². The molecule has 1 fully saturated rings. The number of hydrogen-bond acceptors (Lipinski definition) is 4. The van der Waals surface area contributed by atoms with E-state index in [0.717, 1.165) is 12.8 Å². The van der Waals surface area contributed by atoms with Gasteiger partial charge in [-0.25, -0.2) is 12.8 Å². The Morgan fingerprint density at radius 2 is 2.00 bits per heavy atom. The monoisotopic (exact) mass is 499 g/mol. The van der Waals surface area contributed by atoms with E-state index in [4.69, 9.17) is 4.74 Å². The minimum atomic E-state index is -2.99. The third-order valence-electron chi connectivity index (χ3n) is 4.10. The normalized spacial score (nSPS) is 17.0. The molecule has 0 amide bonds. The fourth-order valence-electron chi connectivity index (χ4n) is 2.64. The number of benzene rings is 1. The van der Waals surface area contributed by atoms with E-state index in [1.807, 2.05) is 6.92 Å². The van der Waals surface area contributed by atoms with Crippen LogP contribution in [0.2, 0.25) is 0 Å². The molecule has 2 N–H and O–H groups in total. The van der Waals surface area contributed by atoms with E-state index in [9.17, 15) is 12.8 Å².